The molecule has 0 fully saturated rings. The summed E-state index contributed by atoms with van der Waals surface area (Å²) in [6.45, 7) is 3.85. The molecule has 1 unspecified atom stereocenters. The summed E-state index contributed by atoms with van der Waals surface area (Å²) in [5, 5.41) is 4.32. The zero-order valence-electron chi connectivity index (χ0n) is 11.7. The maximum absolute atomic E-state index is 14.5. The Bertz CT molecular complexity index is 889. The number of hydrogen-bond donors (Lipinski definition) is 0. The first-order chi connectivity index (χ1) is 10.1. The number of hydrogen-bond acceptors (Lipinski definition) is 3. The molecule has 4 heterocycles. The number of nitrogens with zero attached hydrogens (tertiary/aromatic N) is 4. The van der Waals surface area contributed by atoms with E-state index in [9.17, 15) is 4.39 Å². The molecule has 1 aliphatic rings. The normalized spacial score (nSPS) is 16.6. The lowest BCUT2D eigenvalue weighted by molar-refractivity contribution is 0.622. The van der Waals surface area contributed by atoms with Crippen LogP contribution in [0.5, 0.6) is 0 Å². The van der Waals surface area contributed by atoms with Crippen LogP contribution in [0.4, 0.5) is 4.39 Å². The molecule has 0 spiro atoms. The Kier molecular flexibility index (Phi) is 2.45. The van der Waals surface area contributed by atoms with E-state index in [1.54, 1.807) is 16.9 Å². The van der Waals surface area contributed by atoms with Gasteiger partial charge < -0.3 is 0 Å². The molecule has 1 atom stereocenters. The predicted molar refractivity (Wildman–Crippen MR) is 79.1 cm³/mol. The molecule has 0 saturated carbocycles. The minimum absolute atomic E-state index is 0.00667. The van der Waals surface area contributed by atoms with Gasteiger partial charge in [-0.3, -0.25) is 4.99 Å². The highest BCUT2D eigenvalue weighted by molar-refractivity contribution is 5.82. The summed E-state index contributed by atoms with van der Waals surface area (Å²) in [6.07, 6.45) is 3.46. The number of halogens is 1. The van der Waals surface area contributed by atoms with Crippen molar-refractivity contribution in [2.24, 2.45) is 4.99 Å². The molecule has 3 aromatic heterocycles. The van der Waals surface area contributed by atoms with Crippen molar-refractivity contribution in [3.05, 3.63) is 53.2 Å². The van der Waals surface area contributed by atoms with Crippen LogP contribution in [0.2, 0.25) is 0 Å². The molecule has 0 amide bonds. The van der Waals surface area contributed by atoms with Crippen LogP contribution in [0.3, 0.4) is 0 Å². The minimum atomic E-state index is -0.331. The van der Waals surface area contributed by atoms with Crippen LogP contribution < -0.4 is 0 Å². The van der Waals surface area contributed by atoms with Crippen molar-refractivity contribution in [1.82, 2.24) is 14.6 Å². The standard InChI is InChI=1S/C16H13FN4/c1-9-4-3-5-15-12(7-19-21(9)15)16-13(17)6-11(10(2)20-16)14-8-18-14/h3-8,14H,1-2H3. The lowest BCUT2D eigenvalue weighted by Gasteiger charge is -2.07. The van der Waals surface area contributed by atoms with E-state index in [-0.39, 0.29) is 11.9 Å². The van der Waals surface area contributed by atoms with Gasteiger partial charge in [-0.05, 0) is 32.0 Å². The summed E-state index contributed by atoms with van der Waals surface area (Å²) in [5.41, 5.74) is 4.56. The molecular weight excluding hydrogens is 267 g/mol. The zero-order chi connectivity index (χ0) is 14.6. The largest absolute Gasteiger partial charge is 0.281 e. The van der Waals surface area contributed by atoms with Gasteiger partial charge in [0.25, 0.3) is 0 Å². The van der Waals surface area contributed by atoms with Gasteiger partial charge in [0.05, 0.1) is 11.7 Å². The Morgan fingerprint density at radius 3 is 2.81 bits per heavy atom. The summed E-state index contributed by atoms with van der Waals surface area (Å²) in [7, 11) is 0. The lowest BCUT2D eigenvalue weighted by atomic mass is 10.1. The summed E-state index contributed by atoms with van der Waals surface area (Å²) in [6, 6.07) is 7.37. The van der Waals surface area contributed by atoms with E-state index in [2.05, 4.69) is 15.1 Å². The first-order valence-electron chi connectivity index (χ1n) is 6.79. The second-order valence-electron chi connectivity index (χ2n) is 5.26. The third-order valence-electron chi connectivity index (χ3n) is 3.81. The fraction of sp³-hybridized carbons (Fsp3) is 0.188. The number of rotatable bonds is 2. The number of pyridine rings is 2. The van der Waals surface area contributed by atoms with Crippen molar-refractivity contribution in [1.29, 1.82) is 0 Å². The molecule has 21 heavy (non-hydrogen) atoms. The summed E-state index contributed by atoms with van der Waals surface area (Å²) < 4.78 is 16.3. The molecule has 1 aliphatic heterocycles. The van der Waals surface area contributed by atoms with Crippen LogP contribution in [0.15, 0.2) is 35.5 Å². The van der Waals surface area contributed by atoms with Gasteiger partial charge in [0.15, 0.2) is 0 Å². The van der Waals surface area contributed by atoms with Crippen LogP contribution in [0.1, 0.15) is 23.0 Å². The van der Waals surface area contributed by atoms with E-state index < -0.39 is 0 Å². The van der Waals surface area contributed by atoms with Crippen LogP contribution in [0, 0.1) is 19.7 Å². The van der Waals surface area contributed by atoms with Crippen molar-refractivity contribution in [3.8, 4) is 11.3 Å². The zero-order valence-corrected chi connectivity index (χ0v) is 11.7. The molecule has 0 radical (unpaired) electrons. The highest BCUT2D eigenvalue weighted by Gasteiger charge is 2.22. The van der Waals surface area contributed by atoms with E-state index >= 15 is 0 Å². The molecule has 4 rings (SSSR count). The molecule has 104 valence electrons. The second-order valence-corrected chi connectivity index (χ2v) is 5.26. The van der Waals surface area contributed by atoms with E-state index in [1.807, 2.05) is 32.0 Å². The van der Waals surface area contributed by atoms with E-state index in [0.717, 1.165) is 22.5 Å². The van der Waals surface area contributed by atoms with Crippen LogP contribution in [0.25, 0.3) is 16.8 Å². The summed E-state index contributed by atoms with van der Waals surface area (Å²) in [4.78, 5) is 8.53. The average molecular weight is 280 g/mol. The maximum atomic E-state index is 14.5. The van der Waals surface area contributed by atoms with Gasteiger partial charge in [0, 0.05) is 28.7 Å². The van der Waals surface area contributed by atoms with E-state index in [0.29, 0.717) is 11.3 Å². The second kappa shape index (κ2) is 4.22. The van der Waals surface area contributed by atoms with Gasteiger partial charge in [0.2, 0.25) is 0 Å². The van der Waals surface area contributed by atoms with Crippen molar-refractivity contribution < 1.29 is 4.39 Å². The van der Waals surface area contributed by atoms with Gasteiger partial charge >= 0.3 is 0 Å². The lowest BCUT2D eigenvalue weighted by Crippen LogP contribution is -1.99. The van der Waals surface area contributed by atoms with Crippen LogP contribution in [-0.2, 0) is 0 Å². The van der Waals surface area contributed by atoms with Gasteiger partial charge in [0.1, 0.15) is 17.6 Å². The number of aliphatic imine (C=N–C) groups is 1. The Labute approximate surface area is 121 Å². The Morgan fingerprint density at radius 1 is 1.24 bits per heavy atom. The first kappa shape index (κ1) is 12.2. The molecular formula is C16H13FN4. The molecule has 0 aliphatic carbocycles. The van der Waals surface area contributed by atoms with E-state index in [1.165, 1.54) is 6.07 Å². The fourth-order valence-electron chi connectivity index (χ4n) is 2.62. The third kappa shape index (κ3) is 1.85. The van der Waals surface area contributed by atoms with Crippen LogP contribution in [-0.4, -0.2) is 20.8 Å². The predicted octanol–water partition coefficient (Wildman–Crippen LogP) is 3.28. The average Bonchev–Trinajstić information content (AvgIpc) is 3.21. The molecule has 0 saturated heterocycles. The molecule has 0 bridgehead atoms. The minimum Gasteiger partial charge on any atom is -0.281 e. The third-order valence-corrected chi connectivity index (χ3v) is 3.81. The maximum Gasteiger partial charge on any atom is 0.149 e. The van der Waals surface area contributed by atoms with E-state index in [4.69, 9.17) is 0 Å². The quantitative estimate of drug-likeness (QED) is 0.723. The Morgan fingerprint density at radius 2 is 2.05 bits per heavy atom. The molecule has 0 aromatic carbocycles. The Hall–Kier alpha value is -2.56. The number of aromatic nitrogens is 3. The highest BCUT2D eigenvalue weighted by atomic mass is 19.1. The fourth-order valence-corrected chi connectivity index (χ4v) is 2.62. The van der Waals surface area contributed by atoms with Crippen molar-refractivity contribution in [2.75, 3.05) is 0 Å². The highest BCUT2D eigenvalue weighted by Crippen LogP contribution is 2.32. The van der Waals surface area contributed by atoms with Gasteiger partial charge in [-0.15, -0.1) is 0 Å². The smallest absolute Gasteiger partial charge is 0.149 e. The number of fused-ring (bicyclic) bond motifs is 1. The molecule has 5 heteroatoms. The van der Waals surface area contributed by atoms with Gasteiger partial charge in [-0.25, -0.2) is 13.9 Å². The monoisotopic (exact) mass is 280 g/mol. The van der Waals surface area contributed by atoms with Crippen molar-refractivity contribution >= 4 is 11.7 Å². The SMILES string of the molecule is Cc1nc(-c2cnn3c(C)cccc23)c(F)cc1C1C=N1. The summed E-state index contributed by atoms with van der Waals surface area (Å²) in [5.74, 6) is -0.331. The van der Waals surface area contributed by atoms with Crippen LogP contribution >= 0.6 is 0 Å². The van der Waals surface area contributed by atoms with Crippen molar-refractivity contribution in [3.63, 3.8) is 0 Å². The summed E-state index contributed by atoms with van der Waals surface area (Å²) >= 11 is 0. The molecule has 4 nitrogen and oxygen atoms in total. The van der Waals surface area contributed by atoms with Gasteiger partial charge in [-0.2, -0.15) is 5.10 Å². The topological polar surface area (TPSA) is 42.5 Å². The number of aryl methyl sites for hydroxylation is 2. The van der Waals surface area contributed by atoms with Gasteiger partial charge in [-0.1, -0.05) is 6.07 Å². The first-order valence-corrected chi connectivity index (χ1v) is 6.79. The van der Waals surface area contributed by atoms with Crippen molar-refractivity contribution in [2.45, 2.75) is 19.9 Å². The molecule has 0 N–H and O–H groups in total. The Balaban J connectivity index is 1.92. The molecule has 3 aromatic rings.